The summed E-state index contributed by atoms with van der Waals surface area (Å²) in [6.45, 7) is 4.17. The van der Waals surface area contributed by atoms with Crippen LogP contribution in [0, 0.1) is 5.92 Å². The molecule has 1 N–H and O–H groups in total. The zero-order chi connectivity index (χ0) is 13.7. The second kappa shape index (κ2) is 6.39. The normalized spacial score (nSPS) is 14.1. The number of aliphatic hydroxyl groups is 1. The molecule has 2 atom stereocenters. The van der Waals surface area contributed by atoms with E-state index in [9.17, 15) is 5.11 Å². The van der Waals surface area contributed by atoms with Crippen LogP contribution in [0.3, 0.4) is 0 Å². The fraction of sp³-hybridized carbons (Fsp3) is 0.294. The van der Waals surface area contributed by atoms with Crippen molar-refractivity contribution in [2.45, 2.75) is 26.0 Å². The molecule has 0 heterocycles. The van der Waals surface area contributed by atoms with Crippen molar-refractivity contribution in [1.29, 1.82) is 0 Å². The molecule has 1 unspecified atom stereocenters. The SMILES string of the molecule is CC(C)[C@H]([N]c1ccccc1)C(O)c1ccccc1. The van der Waals surface area contributed by atoms with Gasteiger partial charge in [-0.2, -0.15) is 0 Å². The first-order valence-corrected chi connectivity index (χ1v) is 6.67. The highest BCUT2D eigenvalue weighted by Gasteiger charge is 2.25. The van der Waals surface area contributed by atoms with Crippen molar-refractivity contribution in [3.63, 3.8) is 0 Å². The Bertz CT molecular complexity index is 481. The Morgan fingerprint density at radius 2 is 1.37 bits per heavy atom. The average Bonchev–Trinajstić information content (AvgIpc) is 2.46. The zero-order valence-electron chi connectivity index (χ0n) is 11.4. The van der Waals surface area contributed by atoms with Gasteiger partial charge in [0.25, 0.3) is 0 Å². The number of hydrogen-bond acceptors (Lipinski definition) is 1. The standard InChI is InChI=1S/C17H20NO/c1-13(2)16(18-15-11-7-4-8-12-15)17(19)14-9-5-3-6-10-14/h3-13,16-17,19H,1-2H3/t16-,17?/m0/s1. The van der Waals surface area contributed by atoms with Crippen molar-refractivity contribution in [3.8, 4) is 0 Å². The predicted octanol–water partition coefficient (Wildman–Crippen LogP) is 3.68. The predicted molar refractivity (Wildman–Crippen MR) is 78.3 cm³/mol. The molecular formula is C17H20NO. The number of benzene rings is 2. The van der Waals surface area contributed by atoms with Crippen LogP contribution in [0.15, 0.2) is 60.7 Å². The van der Waals surface area contributed by atoms with Crippen molar-refractivity contribution < 1.29 is 5.11 Å². The van der Waals surface area contributed by atoms with E-state index in [0.29, 0.717) is 0 Å². The lowest BCUT2D eigenvalue weighted by molar-refractivity contribution is 0.112. The van der Waals surface area contributed by atoms with Gasteiger partial charge < -0.3 is 5.11 Å². The zero-order valence-corrected chi connectivity index (χ0v) is 11.4. The van der Waals surface area contributed by atoms with Gasteiger partial charge in [0.05, 0.1) is 11.7 Å². The monoisotopic (exact) mass is 254 g/mol. The Balaban J connectivity index is 2.17. The molecule has 19 heavy (non-hydrogen) atoms. The molecule has 0 aliphatic carbocycles. The molecule has 0 aliphatic heterocycles. The van der Waals surface area contributed by atoms with Crippen molar-refractivity contribution in [2.75, 3.05) is 0 Å². The fourth-order valence-electron chi connectivity index (χ4n) is 2.12. The summed E-state index contributed by atoms with van der Waals surface area (Å²) in [7, 11) is 0. The molecule has 0 aromatic heterocycles. The van der Waals surface area contributed by atoms with Gasteiger partial charge in [-0.25, -0.2) is 0 Å². The largest absolute Gasteiger partial charge is 0.386 e. The third kappa shape index (κ3) is 3.58. The highest BCUT2D eigenvalue weighted by molar-refractivity contribution is 5.36. The summed E-state index contributed by atoms with van der Waals surface area (Å²) in [5.41, 5.74) is 1.83. The van der Waals surface area contributed by atoms with Crippen LogP contribution in [0.2, 0.25) is 0 Å². The van der Waals surface area contributed by atoms with Crippen LogP contribution < -0.4 is 5.32 Å². The topological polar surface area (TPSA) is 34.3 Å². The van der Waals surface area contributed by atoms with Crippen LogP contribution >= 0.6 is 0 Å². The first-order chi connectivity index (χ1) is 9.18. The molecule has 2 heteroatoms. The van der Waals surface area contributed by atoms with Gasteiger partial charge in [0, 0.05) is 0 Å². The smallest absolute Gasteiger partial charge is 0.102 e. The van der Waals surface area contributed by atoms with E-state index in [0.717, 1.165) is 11.3 Å². The van der Waals surface area contributed by atoms with Crippen LogP contribution in [0.4, 0.5) is 5.69 Å². The van der Waals surface area contributed by atoms with E-state index in [1.165, 1.54) is 0 Å². The third-order valence-corrected chi connectivity index (χ3v) is 3.20. The summed E-state index contributed by atoms with van der Waals surface area (Å²) in [5.74, 6) is 0.274. The lowest BCUT2D eigenvalue weighted by atomic mass is 9.93. The van der Waals surface area contributed by atoms with E-state index in [4.69, 9.17) is 0 Å². The number of nitrogens with zero attached hydrogens (tertiary/aromatic N) is 1. The number of aliphatic hydroxyl groups excluding tert-OH is 1. The summed E-state index contributed by atoms with van der Waals surface area (Å²) >= 11 is 0. The Morgan fingerprint density at radius 3 is 1.89 bits per heavy atom. The summed E-state index contributed by atoms with van der Waals surface area (Å²) in [6.07, 6.45) is -0.568. The lowest BCUT2D eigenvalue weighted by Crippen LogP contribution is -2.32. The molecule has 0 saturated heterocycles. The first kappa shape index (κ1) is 13.6. The van der Waals surface area contributed by atoms with E-state index in [2.05, 4.69) is 19.2 Å². The molecule has 2 aromatic rings. The van der Waals surface area contributed by atoms with Gasteiger partial charge in [0.15, 0.2) is 0 Å². The highest BCUT2D eigenvalue weighted by atomic mass is 16.3. The summed E-state index contributed by atoms with van der Waals surface area (Å²) in [4.78, 5) is 0. The van der Waals surface area contributed by atoms with Crippen LogP contribution in [-0.2, 0) is 0 Å². The van der Waals surface area contributed by atoms with Gasteiger partial charge in [-0.15, -0.1) is 0 Å². The Morgan fingerprint density at radius 1 is 0.842 bits per heavy atom. The van der Waals surface area contributed by atoms with Crippen LogP contribution in [0.1, 0.15) is 25.5 Å². The molecule has 2 nitrogen and oxygen atoms in total. The van der Waals surface area contributed by atoms with E-state index in [1.54, 1.807) is 0 Å². The van der Waals surface area contributed by atoms with Gasteiger partial charge in [0.1, 0.15) is 6.10 Å². The Hall–Kier alpha value is -1.80. The lowest BCUT2D eigenvalue weighted by Gasteiger charge is -2.26. The van der Waals surface area contributed by atoms with Crippen LogP contribution in [-0.4, -0.2) is 11.1 Å². The molecule has 1 radical (unpaired) electrons. The Labute approximate surface area is 115 Å². The molecule has 0 saturated carbocycles. The molecule has 2 aromatic carbocycles. The maximum Gasteiger partial charge on any atom is 0.102 e. The minimum absolute atomic E-state index is 0.134. The summed E-state index contributed by atoms with van der Waals surface area (Å²) < 4.78 is 0. The molecule has 0 amide bonds. The number of hydrogen-bond donors (Lipinski definition) is 1. The molecule has 0 fully saturated rings. The van der Waals surface area contributed by atoms with Gasteiger partial charge in [-0.1, -0.05) is 62.4 Å². The number of rotatable bonds is 5. The second-order valence-corrected chi connectivity index (χ2v) is 5.05. The van der Waals surface area contributed by atoms with Gasteiger partial charge in [-0.3, -0.25) is 5.32 Å². The molecule has 0 spiro atoms. The second-order valence-electron chi connectivity index (χ2n) is 5.05. The molecule has 2 rings (SSSR count). The van der Waals surface area contributed by atoms with Gasteiger partial charge >= 0.3 is 0 Å². The first-order valence-electron chi connectivity index (χ1n) is 6.67. The minimum atomic E-state index is -0.568. The average molecular weight is 254 g/mol. The summed E-state index contributed by atoms with van der Waals surface area (Å²) in [5, 5.41) is 15.2. The maximum atomic E-state index is 10.5. The quantitative estimate of drug-likeness (QED) is 0.867. The van der Waals surface area contributed by atoms with Gasteiger partial charge in [0.2, 0.25) is 0 Å². The van der Waals surface area contributed by atoms with Crippen LogP contribution in [0.25, 0.3) is 0 Å². The number of para-hydroxylation sites is 1. The van der Waals surface area contributed by atoms with Crippen LogP contribution in [0.5, 0.6) is 0 Å². The van der Waals surface area contributed by atoms with Crippen molar-refractivity contribution in [1.82, 2.24) is 5.32 Å². The highest BCUT2D eigenvalue weighted by Crippen LogP contribution is 2.25. The van der Waals surface area contributed by atoms with Crippen molar-refractivity contribution >= 4 is 5.69 Å². The molecule has 0 aliphatic rings. The maximum absolute atomic E-state index is 10.5. The van der Waals surface area contributed by atoms with E-state index in [-0.39, 0.29) is 12.0 Å². The van der Waals surface area contributed by atoms with Crippen molar-refractivity contribution in [3.05, 3.63) is 66.2 Å². The molecule has 99 valence electrons. The van der Waals surface area contributed by atoms with Gasteiger partial charge in [-0.05, 0) is 23.6 Å². The van der Waals surface area contributed by atoms with E-state index in [1.807, 2.05) is 60.7 Å². The Kier molecular flexibility index (Phi) is 4.58. The van der Waals surface area contributed by atoms with E-state index < -0.39 is 6.10 Å². The summed E-state index contributed by atoms with van der Waals surface area (Å²) in [6, 6.07) is 19.4. The molecule has 0 bridgehead atoms. The minimum Gasteiger partial charge on any atom is -0.386 e. The fourth-order valence-corrected chi connectivity index (χ4v) is 2.12. The molecular weight excluding hydrogens is 234 g/mol. The van der Waals surface area contributed by atoms with Crippen molar-refractivity contribution in [2.24, 2.45) is 5.92 Å². The third-order valence-electron chi connectivity index (χ3n) is 3.20. The van der Waals surface area contributed by atoms with E-state index >= 15 is 0 Å².